The molecular weight excluding hydrogens is 419 g/mol. The number of thioether (sulfide) groups is 1. The van der Waals surface area contributed by atoms with Gasteiger partial charge in [-0.05, 0) is 59.6 Å². The highest BCUT2D eigenvalue weighted by atomic mass is 79.9. The lowest BCUT2D eigenvalue weighted by atomic mass is 10.2. The molecule has 0 aliphatic carbocycles. The molecule has 0 saturated carbocycles. The minimum Gasteiger partial charge on any atom is -0.324 e. The summed E-state index contributed by atoms with van der Waals surface area (Å²) in [5.74, 6) is -0.216. The van der Waals surface area contributed by atoms with Crippen LogP contribution in [0.2, 0.25) is 0 Å². The molecule has 0 fully saturated rings. The Hall–Kier alpha value is -2.19. The molecule has 134 valence electrons. The third-order valence-corrected chi connectivity index (χ3v) is 5.24. The highest BCUT2D eigenvalue weighted by molar-refractivity contribution is 9.10. The molecule has 26 heavy (non-hydrogen) atoms. The minimum absolute atomic E-state index is 0.170. The summed E-state index contributed by atoms with van der Waals surface area (Å²) in [6, 6.07) is 12.0. The third kappa shape index (κ3) is 4.31. The maximum Gasteiger partial charge on any atom is 0.237 e. The second-order valence-electron chi connectivity index (χ2n) is 5.68. The van der Waals surface area contributed by atoms with Crippen LogP contribution in [0.15, 0.2) is 52.1 Å². The van der Waals surface area contributed by atoms with Gasteiger partial charge < -0.3 is 5.32 Å². The lowest BCUT2D eigenvalue weighted by Gasteiger charge is -2.11. The first-order valence-electron chi connectivity index (χ1n) is 7.85. The van der Waals surface area contributed by atoms with E-state index < -0.39 is 5.25 Å². The Bertz CT molecular complexity index is 946. The van der Waals surface area contributed by atoms with E-state index in [0.717, 1.165) is 10.0 Å². The number of aromatic amines is 1. The fraction of sp³-hybridized carbons (Fsp3) is 0.167. The summed E-state index contributed by atoms with van der Waals surface area (Å²) in [5, 5.41) is 9.61. The van der Waals surface area contributed by atoms with Gasteiger partial charge in [0.25, 0.3) is 0 Å². The molecule has 3 aromatic rings. The molecule has 0 aliphatic heterocycles. The number of halogens is 2. The Morgan fingerprint density at radius 2 is 2.08 bits per heavy atom. The van der Waals surface area contributed by atoms with Gasteiger partial charge in [0.15, 0.2) is 5.82 Å². The number of nitrogens with zero attached hydrogens (tertiary/aromatic N) is 2. The standard InChI is InChI=1S/C18H16BrFN4OS/c1-10-7-8-15(13(19)9-10)21-17(25)11(2)26-18-22-16(23-24-18)12-5-3-4-6-14(12)20/h3-9,11H,1-2H3,(H,21,25)(H,22,23,24). The summed E-state index contributed by atoms with van der Waals surface area (Å²) in [7, 11) is 0. The van der Waals surface area contributed by atoms with Gasteiger partial charge in [-0.25, -0.2) is 9.37 Å². The van der Waals surface area contributed by atoms with Gasteiger partial charge >= 0.3 is 0 Å². The molecule has 2 N–H and O–H groups in total. The fourth-order valence-electron chi connectivity index (χ4n) is 2.24. The molecule has 0 saturated heterocycles. The van der Waals surface area contributed by atoms with E-state index in [-0.39, 0.29) is 11.7 Å². The number of benzene rings is 2. The van der Waals surface area contributed by atoms with Crippen molar-refractivity contribution in [3.63, 3.8) is 0 Å². The number of anilines is 1. The Balaban J connectivity index is 1.67. The Morgan fingerprint density at radius 1 is 1.31 bits per heavy atom. The SMILES string of the molecule is Cc1ccc(NC(=O)C(C)Sc2n[nH]c(-c3ccccc3F)n2)c(Br)c1. The molecule has 1 heterocycles. The number of hydrogen-bond donors (Lipinski definition) is 2. The Labute approximate surface area is 162 Å². The minimum atomic E-state index is -0.424. The maximum absolute atomic E-state index is 13.8. The van der Waals surface area contributed by atoms with Crippen LogP contribution in [0.3, 0.4) is 0 Å². The second-order valence-corrected chi connectivity index (χ2v) is 7.84. The number of hydrogen-bond acceptors (Lipinski definition) is 4. The van der Waals surface area contributed by atoms with Gasteiger partial charge in [0, 0.05) is 4.47 Å². The van der Waals surface area contributed by atoms with Crippen molar-refractivity contribution in [1.29, 1.82) is 0 Å². The zero-order valence-electron chi connectivity index (χ0n) is 14.1. The quantitative estimate of drug-likeness (QED) is 0.565. The summed E-state index contributed by atoms with van der Waals surface area (Å²) in [6.45, 7) is 3.74. The summed E-state index contributed by atoms with van der Waals surface area (Å²) < 4.78 is 14.6. The van der Waals surface area contributed by atoms with Gasteiger partial charge in [0.05, 0.1) is 16.5 Å². The van der Waals surface area contributed by atoms with E-state index in [0.29, 0.717) is 22.2 Å². The van der Waals surface area contributed by atoms with Crippen LogP contribution >= 0.6 is 27.7 Å². The van der Waals surface area contributed by atoms with Crippen molar-refractivity contribution in [1.82, 2.24) is 15.2 Å². The first kappa shape index (κ1) is 18.6. The van der Waals surface area contributed by atoms with Crippen LogP contribution in [0.4, 0.5) is 10.1 Å². The van der Waals surface area contributed by atoms with Crippen LogP contribution in [-0.2, 0) is 4.79 Å². The number of rotatable bonds is 5. The van der Waals surface area contributed by atoms with Crippen LogP contribution < -0.4 is 5.32 Å². The zero-order valence-corrected chi connectivity index (χ0v) is 16.5. The fourth-order valence-corrected chi connectivity index (χ4v) is 3.56. The predicted molar refractivity (Wildman–Crippen MR) is 105 cm³/mol. The van der Waals surface area contributed by atoms with E-state index >= 15 is 0 Å². The smallest absolute Gasteiger partial charge is 0.237 e. The summed E-state index contributed by atoms with van der Waals surface area (Å²) in [4.78, 5) is 16.7. The average Bonchev–Trinajstić information content (AvgIpc) is 3.06. The van der Waals surface area contributed by atoms with Gasteiger partial charge in [0.1, 0.15) is 5.82 Å². The normalized spacial score (nSPS) is 12.0. The predicted octanol–water partition coefficient (Wildman–Crippen LogP) is 4.80. The molecule has 1 amide bonds. The van der Waals surface area contributed by atoms with E-state index in [9.17, 15) is 9.18 Å². The lowest BCUT2D eigenvalue weighted by Crippen LogP contribution is -2.22. The van der Waals surface area contributed by atoms with Crippen molar-refractivity contribution in [2.24, 2.45) is 0 Å². The van der Waals surface area contributed by atoms with Gasteiger partial charge in [0.2, 0.25) is 11.1 Å². The second kappa shape index (κ2) is 8.01. The van der Waals surface area contributed by atoms with Crippen LogP contribution in [-0.4, -0.2) is 26.3 Å². The van der Waals surface area contributed by atoms with Crippen LogP contribution in [0.25, 0.3) is 11.4 Å². The largest absolute Gasteiger partial charge is 0.324 e. The molecule has 0 aliphatic rings. The molecule has 0 spiro atoms. The molecule has 1 aromatic heterocycles. The van der Waals surface area contributed by atoms with E-state index in [4.69, 9.17) is 0 Å². The van der Waals surface area contributed by atoms with Crippen molar-refractivity contribution >= 4 is 39.3 Å². The van der Waals surface area contributed by atoms with Crippen LogP contribution in [0.1, 0.15) is 12.5 Å². The Kier molecular flexibility index (Phi) is 5.73. The summed E-state index contributed by atoms with van der Waals surface area (Å²) in [5.41, 5.74) is 2.14. The van der Waals surface area contributed by atoms with Gasteiger partial charge in [-0.15, -0.1) is 5.10 Å². The van der Waals surface area contributed by atoms with E-state index in [2.05, 4.69) is 36.4 Å². The van der Waals surface area contributed by atoms with Crippen LogP contribution in [0.5, 0.6) is 0 Å². The van der Waals surface area contributed by atoms with Crippen molar-refractivity contribution in [2.45, 2.75) is 24.3 Å². The van der Waals surface area contributed by atoms with E-state index in [1.165, 1.54) is 17.8 Å². The van der Waals surface area contributed by atoms with Crippen molar-refractivity contribution in [3.8, 4) is 11.4 Å². The highest BCUT2D eigenvalue weighted by Crippen LogP contribution is 2.27. The number of carbonyl (C=O) groups is 1. The molecule has 0 bridgehead atoms. The number of H-pyrrole nitrogens is 1. The molecule has 1 atom stereocenters. The molecule has 0 radical (unpaired) electrons. The van der Waals surface area contributed by atoms with Gasteiger partial charge in [-0.2, -0.15) is 0 Å². The number of amides is 1. The van der Waals surface area contributed by atoms with Crippen molar-refractivity contribution in [2.75, 3.05) is 5.32 Å². The molecule has 2 aromatic carbocycles. The topological polar surface area (TPSA) is 70.7 Å². The first-order valence-corrected chi connectivity index (χ1v) is 9.52. The summed E-state index contributed by atoms with van der Waals surface area (Å²) in [6.07, 6.45) is 0. The number of nitrogens with one attached hydrogen (secondary N) is 2. The molecule has 3 rings (SSSR count). The number of carbonyl (C=O) groups excluding carboxylic acids is 1. The number of aromatic nitrogens is 3. The lowest BCUT2D eigenvalue weighted by molar-refractivity contribution is -0.115. The van der Waals surface area contributed by atoms with E-state index in [1.807, 2.05) is 25.1 Å². The van der Waals surface area contributed by atoms with Crippen LogP contribution in [0, 0.1) is 12.7 Å². The van der Waals surface area contributed by atoms with Gasteiger partial charge in [-0.3, -0.25) is 9.89 Å². The monoisotopic (exact) mass is 434 g/mol. The highest BCUT2D eigenvalue weighted by Gasteiger charge is 2.19. The average molecular weight is 435 g/mol. The van der Waals surface area contributed by atoms with E-state index in [1.54, 1.807) is 25.1 Å². The summed E-state index contributed by atoms with van der Waals surface area (Å²) >= 11 is 4.64. The molecule has 5 nitrogen and oxygen atoms in total. The zero-order chi connectivity index (χ0) is 18.7. The molecular formula is C18H16BrFN4OS. The van der Waals surface area contributed by atoms with Gasteiger partial charge in [-0.1, -0.05) is 30.0 Å². The Morgan fingerprint density at radius 3 is 2.81 bits per heavy atom. The third-order valence-electron chi connectivity index (χ3n) is 3.63. The molecule has 1 unspecified atom stereocenters. The molecule has 8 heteroatoms. The first-order chi connectivity index (χ1) is 12.4. The number of aryl methyl sites for hydroxylation is 1. The maximum atomic E-state index is 13.8. The van der Waals surface area contributed by atoms with Crippen molar-refractivity contribution < 1.29 is 9.18 Å². The van der Waals surface area contributed by atoms with Crippen molar-refractivity contribution in [3.05, 3.63) is 58.3 Å².